The predicted molar refractivity (Wildman–Crippen MR) is 19.9 cm³/mol. The van der Waals surface area contributed by atoms with Gasteiger partial charge in [0, 0.05) is 34.1 Å². The largest absolute Gasteiger partial charge is 0 e. The first-order chi connectivity index (χ1) is 0. The summed E-state index contributed by atoms with van der Waals surface area (Å²) < 4.78 is 0. The van der Waals surface area contributed by atoms with Crippen LogP contribution < -0.4 is 0 Å². The van der Waals surface area contributed by atoms with Gasteiger partial charge in [0.1, 0.15) is 0 Å². The topological polar surface area (TPSA) is 0 Å². The Kier molecular flexibility index (Phi) is 144. The molecule has 0 saturated heterocycles. The minimum Gasteiger partial charge on any atom is 0 e. The van der Waals surface area contributed by atoms with Crippen LogP contribution in [0.15, 0.2) is 0 Å². The van der Waals surface area contributed by atoms with Crippen molar-refractivity contribution in [1.82, 2.24) is 0 Å². The zero-order chi connectivity index (χ0) is 0. The fourth-order valence-corrected chi connectivity index (χ4v) is 0. The number of hydrogen-bond donors (Lipinski definition) is 0. The fraction of sp³-hybridized carbons (Fsp3) is 0. The van der Waals surface area contributed by atoms with Crippen LogP contribution in [-0.2, 0) is 34.1 Å². The quantitative estimate of drug-likeness (QED) is 0.430. The van der Waals surface area contributed by atoms with Crippen molar-refractivity contribution in [1.29, 1.82) is 0 Å². The van der Waals surface area contributed by atoms with Gasteiger partial charge in [-0.3, -0.25) is 0 Å². The molecule has 4 heteroatoms. The summed E-state index contributed by atoms with van der Waals surface area (Å²) in [7, 11) is 0. The van der Waals surface area contributed by atoms with E-state index < -0.39 is 0 Å². The molecule has 0 aromatic carbocycles. The van der Waals surface area contributed by atoms with Crippen molar-refractivity contribution in [2.24, 2.45) is 0 Å². The van der Waals surface area contributed by atoms with Crippen LogP contribution in [0.4, 0.5) is 0 Å². The molecule has 0 nitrogen and oxygen atoms in total. The first kappa shape index (κ1) is 32.0. The Labute approximate surface area is 76.3 Å². The third kappa shape index (κ3) is 8.82. The molecule has 4 heavy (non-hydrogen) atoms. The third-order valence-electron chi connectivity index (χ3n) is 0. The molecule has 2 radical (unpaired) electrons. The molecule has 0 aromatic rings. The summed E-state index contributed by atoms with van der Waals surface area (Å²) in [5.41, 5.74) is 0. The normalized spacial score (nSPS) is 0. The Morgan fingerprint density at radius 1 is 1.00 bits per heavy atom. The average molecular weight is 266 g/mol. The van der Waals surface area contributed by atoms with Crippen molar-refractivity contribution in [3.05, 3.63) is 0 Å². The van der Waals surface area contributed by atoms with Gasteiger partial charge in [-0.1, -0.05) is 0 Å². The molecule has 0 unspecified atom stereocenters. The maximum atomic E-state index is 0. The van der Waals surface area contributed by atoms with Gasteiger partial charge in [0.2, 0.25) is 0 Å². The molecule has 0 rings (SSSR count). The second kappa shape index (κ2) is 18.0. The van der Waals surface area contributed by atoms with Gasteiger partial charge in [-0.05, 0) is 0 Å². The second-order valence-corrected chi connectivity index (χ2v) is 0. The fourth-order valence-electron chi connectivity index (χ4n) is 0. The van der Waals surface area contributed by atoms with Crippen molar-refractivity contribution in [3.63, 3.8) is 0 Å². The Hall–Kier alpha value is 2.44. The minimum absolute atomic E-state index is 0. The summed E-state index contributed by atoms with van der Waals surface area (Å²) in [5, 5.41) is 0. The van der Waals surface area contributed by atoms with Gasteiger partial charge in [-0.15, -0.1) is 0 Å². The van der Waals surface area contributed by atoms with Crippen LogP contribution >= 0.6 is 0 Å². The van der Waals surface area contributed by atoms with Crippen LogP contribution in [0.25, 0.3) is 0 Å². The van der Waals surface area contributed by atoms with Crippen LogP contribution in [-0.4, -0.2) is 43.2 Å². The molecule has 0 amide bonds. The van der Waals surface area contributed by atoms with Crippen molar-refractivity contribution in [2.75, 3.05) is 0 Å². The van der Waals surface area contributed by atoms with Gasteiger partial charge < -0.3 is 0 Å². The van der Waals surface area contributed by atoms with E-state index in [4.69, 9.17) is 0 Å². The molecule has 0 N–H and O–H groups in total. The van der Waals surface area contributed by atoms with Crippen LogP contribution in [0.2, 0.25) is 0 Å². The maximum Gasteiger partial charge on any atom is 0 e. The van der Waals surface area contributed by atoms with Gasteiger partial charge in [-0.2, -0.15) is 0 Å². The van der Waals surface area contributed by atoms with Gasteiger partial charge in [0.25, 0.3) is 0 Å². The standard InChI is InChI=1S/Al.Cu.In.Mn.6H. The number of rotatable bonds is 0. The molecule has 0 aliphatic carbocycles. The van der Waals surface area contributed by atoms with E-state index in [1.807, 2.05) is 0 Å². The van der Waals surface area contributed by atoms with E-state index in [1.54, 1.807) is 0 Å². The molecule has 30 valence electrons. The van der Waals surface area contributed by atoms with Gasteiger partial charge in [0.05, 0.1) is 0 Å². The summed E-state index contributed by atoms with van der Waals surface area (Å²) in [5.74, 6) is 0. The van der Waals surface area contributed by atoms with E-state index in [2.05, 4.69) is 0 Å². The van der Waals surface area contributed by atoms with Crippen LogP contribution in [0.1, 0.15) is 0 Å². The summed E-state index contributed by atoms with van der Waals surface area (Å²) in [6, 6.07) is 0. The first-order valence-electron chi connectivity index (χ1n) is 0. The van der Waals surface area contributed by atoms with Gasteiger partial charge in [-0.25, -0.2) is 0 Å². The molecule has 0 heterocycles. The van der Waals surface area contributed by atoms with E-state index in [9.17, 15) is 0 Å². The Morgan fingerprint density at radius 3 is 1.00 bits per heavy atom. The zero-order valence-electron chi connectivity index (χ0n) is 0.679. The van der Waals surface area contributed by atoms with Gasteiger partial charge >= 0.3 is 25.8 Å². The molecule has 0 aliphatic heterocycles. The predicted octanol–water partition coefficient (Wildman–Crippen LogP) is -2.37. The summed E-state index contributed by atoms with van der Waals surface area (Å²) in [4.78, 5) is 0. The summed E-state index contributed by atoms with van der Waals surface area (Å²) in [6.45, 7) is 0. The summed E-state index contributed by atoms with van der Waals surface area (Å²) >= 11 is 0. The zero-order valence-corrected chi connectivity index (χ0v) is 2.80. The maximum absolute atomic E-state index is 0. The molecule has 0 aliphatic rings. The molecule has 0 bridgehead atoms. The smallest absolute Gasteiger partial charge is 0 e. The monoisotopic (exact) mass is 266 g/mol. The van der Waals surface area contributed by atoms with Crippen molar-refractivity contribution in [2.45, 2.75) is 0 Å². The molecule has 0 saturated carbocycles. The van der Waals surface area contributed by atoms with Crippen molar-refractivity contribution in [3.8, 4) is 0 Å². The summed E-state index contributed by atoms with van der Waals surface area (Å²) in [6.07, 6.45) is 0. The Balaban J connectivity index is 0. The van der Waals surface area contributed by atoms with Crippen LogP contribution in [0, 0.1) is 0 Å². The second-order valence-electron chi connectivity index (χ2n) is 0. The van der Waals surface area contributed by atoms with Crippen LogP contribution in [0.5, 0.6) is 0 Å². The molecule has 0 atom stereocenters. The SMILES string of the molecule is [AlH3].[Cu].[InH3].[Mn]. The van der Waals surface area contributed by atoms with E-state index >= 15 is 0 Å². The van der Waals surface area contributed by atoms with Gasteiger partial charge in [0.15, 0.2) is 17.4 Å². The first-order valence-corrected chi connectivity index (χ1v) is 0. The number of hydrogen-bond acceptors (Lipinski definition) is 0. The average Bonchev–Trinajstić information content (AvgIpc) is 0. The van der Waals surface area contributed by atoms with E-state index in [1.165, 1.54) is 0 Å². The molecule has 0 aromatic heterocycles. The molecule has 0 spiro atoms. The third-order valence-corrected chi connectivity index (χ3v) is 0. The molecular formula is H6AlCuInMn. The molecular weight excluding hydrogens is 260 g/mol. The minimum atomic E-state index is 0. The van der Waals surface area contributed by atoms with E-state index in [0.29, 0.717) is 0 Å². The van der Waals surface area contributed by atoms with Crippen LogP contribution in [0.3, 0.4) is 0 Å². The van der Waals surface area contributed by atoms with E-state index in [-0.39, 0.29) is 77.3 Å². The van der Waals surface area contributed by atoms with Crippen molar-refractivity contribution < 1.29 is 34.1 Å². The van der Waals surface area contributed by atoms with Crippen molar-refractivity contribution >= 4 is 43.2 Å². The Morgan fingerprint density at radius 2 is 1.00 bits per heavy atom. The molecule has 0 fully saturated rings. The van der Waals surface area contributed by atoms with E-state index in [0.717, 1.165) is 0 Å². The Bertz CT molecular complexity index is 8.00.